The van der Waals surface area contributed by atoms with Crippen molar-refractivity contribution in [2.45, 2.75) is 13.0 Å². The van der Waals surface area contributed by atoms with E-state index in [4.69, 9.17) is 11.5 Å². The van der Waals surface area contributed by atoms with Gasteiger partial charge < -0.3 is 10.4 Å². The molecule has 0 amide bonds. The van der Waals surface area contributed by atoms with E-state index in [9.17, 15) is 0 Å². The third-order valence-corrected chi connectivity index (χ3v) is 1.91. The van der Waals surface area contributed by atoms with Gasteiger partial charge in [0.25, 0.3) is 0 Å². The molecule has 0 aromatic rings. The van der Waals surface area contributed by atoms with Crippen molar-refractivity contribution in [3.8, 4) is 12.3 Å². The molecule has 0 spiro atoms. The Balaban J connectivity index is 2.86. The predicted molar refractivity (Wildman–Crippen MR) is 50.7 cm³/mol. The average Bonchev–Trinajstić information content (AvgIpc) is 1.96. The summed E-state index contributed by atoms with van der Waals surface area (Å²) in [5.41, 5.74) is 0. The normalized spacial score (nSPS) is 12.5. The molecule has 2 nitrogen and oxygen atoms in total. The molecule has 0 saturated heterocycles. The Hall–Kier alpha value is -0.170. The first-order valence-corrected chi connectivity index (χ1v) is 4.83. The SMILES string of the molecule is C#CCSCCNC[C@H](C)O. The van der Waals surface area contributed by atoms with Gasteiger partial charge in [0.1, 0.15) is 0 Å². The van der Waals surface area contributed by atoms with Gasteiger partial charge in [0, 0.05) is 18.8 Å². The van der Waals surface area contributed by atoms with E-state index in [1.54, 1.807) is 18.7 Å². The predicted octanol–water partition coefficient (Wildman–Crippen LogP) is 0.323. The van der Waals surface area contributed by atoms with Crippen LogP contribution in [0.4, 0.5) is 0 Å². The third kappa shape index (κ3) is 9.83. The van der Waals surface area contributed by atoms with E-state index >= 15 is 0 Å². The van der Waals surface area contributed by atoms with Crippen LogP contribution in [0.15, 0.2) is 0 Å². The van der Waals surface area contributed by atoms with Crippen LogP contribution < -0.4 is 5.32 Å². The van der Waals surface area contributed by atoms with Gasteiger partial charge in [-0.1, -0.05) is 5.92 Å². The summed E-state index contributed by atoms with van der Waals surface area (Å²) in [6, 6.07) is 0. The fourth-order valence-corrected chi connectivity index (χ4v) is 1.14. The summed E-state index contributed by atoms with van der Waals surface area (Å²) in [7, 11) is 0. The Morgan fingerprint density at radius 3 is 3.00 bits per heavy atom. The van der Waals surface area contributed by atoms with Crippen molar-refractivity contribution in [1.29, 1.82) is 0 Å². The molecule has 11 heavy (non-hydrogen) atoms. The molecular weight excluding hydrogens is 158 g/mol. The lowest BCUT2D eigenvalue weighted by Gasteiger charge is -2.04. The van der Waals surface area contributed by atoms with Crippen LogP contribution in [0.5, 0.6) is 0 Å². The first kappa shape index (κ1) is 10.8. The Morgan fingerprint density at radius 2 is 2.45 bits per heavy atom. The molecule has 64 valence electrons. The van der Waals surface area contributed by atoms with Crippen LogP contribution in [-0.4, -0.2) is 35.8 Å². The van der Waals surface area contributed by atoms with Gasteiger partial charge in [0.05, 0.1) is 11.9 Å². The quantitative estimate of drug-likeness (QED) is 0.448. The van der Waals surface area contributed by atoms with E-state index in [0.717, 1.165) is 18.1 Å². The van der Waals surface area contributed by atoms with E-state index in [0.29, 0.717) is 6.54 Å². The van der Waals surface area contributed by atoms with Crippen LogP contribution >= 0.6 is 11.8 Å². The number of aliphatic hydroxyl groups is 1. The smallest absolute Gasteiger partial charge is 0.0636 e. The molecule has 1 atom stereocenters. The number of terminal acetylenes is 1. The number of thioether (sulfide) groups is 1. The highest BCUT2D eigenvalue weighted by molar-refractivity contribution is 7.99. The average molecular weight is 173 g/mol. The molecule has 0 aliphatic carbocycles. The van der Waals surface area contributed by atoms with Crippen LogP contribution in [0.1, 0.15) is 6.92 Å². The lowest BCUT2D eigenvalue weighted by molar-refractivity contribution is 0.192. The number of hydrogen-bond donors (Lipinski definition) is 2. The summed E-state index contributed by atoms with van der Waals surface area (Å²) in [4.78, 5) is 0. The summed E-state index contributed by atoms with van der Waals surface area (Å²) < 4.78 is 0. The van der Waals surface area contributed by atoms with Gasteiger partial charge >= 0.3 is 0 Å². The lowest BCUT2D eigenvalue weighted by Crippen LogP contribution is -2.26. The Morgan fingerprint density at radius 1 is 1.73 bits per heavy atom. The fraction of sp³-hybridized carbons (Fsp3) is 0.750. The Kier molecular flexibility index (Phi) is 7.81. The van der Waals surface area contributed by atoms with Crippen molar-refractivity contribution in [1.82, 2.24) is 5.32 Å². The van der Waals surface area contributed by atoms with Gasteiger partial charge in [-0.25, -0.2) is 0 Å². The summed E-state index contributed by atoms with van der Waals surface area (Å²) in [5, 5.41) is 12.0. The zero-order chi connectivity index (χ0) is 8.53. The highest BCUT2D eigenvalue weighted by atomic mass is 32.2. The summed E-state index contributed by atoms with van der Waals surface area (Å²) >= 11 is 1.72. The standard InChI is InChI=1S/C8H15NOS/c1-3-5-11-6-4-9-7-8(2)10/h1,8-10H,4-7H2,2H3/t8-/m0/s1. The highest BCUT2D eigenvalue weighted by Gasteiger charge is 1.92. The highest BCUT2D eigenvalue weighted by Crippen LogP contribution is 1.94. The molecule has 0 aromatic carbocycles. The molecule has 0 aliphatic heterocycles. The molecule has 0 fully saturated rings. The molecule has 0 rings (SSSR count). The third-order valence-electron chi connectivity index (χ3n) is 1.05. The molecule has 0 aromatic heterocycles. The zero-order valence-corrected chi connectivity index (χ0v) is 7.66. The fourth-order valence-electron chi connectivity index (χ4n) is 0.586. The van der Waals surface area contributed by atoms with Crippen molar-refractivity contribution >= 4 is 11.8 Å². The minimum Gasteiger partial charge on any atom is -0.392 e. The van der Waals surface area contributed by atoms with E-state index in [-0.39, 0.29) is 6.10 Å². The summed E-state index contributed by atoms with van der Waals surface area (Å²) in [6.07, 6.45) is 4.80. The molecule has 0 bridgehead atoms. The summed E-state index contributed by atoms with van der Waals surface area (Å²) in [5.74, 6) is 4.34. The Bertz CT molecular complexity index is 120. The van der Waals surface area contributed by atoms with Crippen molar-refractivity contribution in [3.63, 3.8) is 0 Å². The van der Waals surface area contributed by atoms with Gasteiger partial charge in [-0.3, -0.25) is 0 Å². The van der Waals surface area contributed by atoms with Crippen molar-refractivity contribution < 1.29 is 5.11 Å². The first-order valence-electron chi connectivity index (χ1n) is 3.67. The van der Waals surface area contributed by atoms with Crippen LogP contribution in [0.3, 0.4) is 0 Å². The minimum absolute atomic E-state index is 0.257. The Labute approximate surface area is 72.8 Å². The van der Waals surface area contributed by atoms with E-state index in [2.05, 4.69) is 11.2 Å². The van der Waals surface area contributed by atoms with Gasteiger partial charge in [-0.15, -0.1) is 18.2 Å². The number of rotatable bonds is 6. The minimum atomic E-state index is -0.257. The van der Waals surface area contributed by atoms with Gasteiger partial charge in [-0.2, -0.15) is 0 Å². The van der Waals surface area contributed by atoms with Crippen LogP contribution in [0, 0.1) is 12.3 Å². The summed E-state index contributed by atoms with van der Waals surface area (Å²) in [6.45, 7) is 3.34. The van der Waals surface area contributed by atoms with E-state index < -0.39 is 0 Å². The molecule has 0 unspecified atom stereocenters. The number of nitrogens with one attached hydrogen (secondary N) is 1. The van der Waals surface area contributed by atoms with Crippen molar-refractivity contribution in [2.75, 3.05) is 24.6 Å². The molecule has 3 heteroatoms. The zero-order valence-electron chi connectivity index (χ0n) is 6.84. The first-order chi connectivity index (χ1) is 5.27. The maximum Gasteiger partial charge on any atom is 0.0636 e. The van der Waals surface area contributed by atoms with Crippen LogP contribution in [0.25, 0.3) is 0 Å². The second-order valence-electron chi connectivity index (χ2n) is 2.31. The molecule has 2 N–H and O–H groups in total. The van der Waals surface area contributed by atoms with Crippen LogP contribution in [-0.2, 0) is 0 Å². The topological polar surface area (TPSA) is 32.3 Å². The maximum atomic E-state index is 8.85. The molecule has 0 saturated carbocycles. The van der Waals surface area contributed by atoms with Gasteiger partial charge in [0.15, 0.2) is 0 Å². The van der Waals surface area contributed by atoms with Crippen molar-refractivity contribution in [2.24, 2.45) is 0 Å². The maximum absolute atomic E-state index is 8.85. The van der Waals surface area contributed by atoms with E-state index in [1.807, 2.05) is 0 Å². The lowest BCUT2D eigenvalue weighted by atomic mass is 10.4. The van der Waals surface area contributed by atoms with Gasteiger partial charge in [0.2, 0.25) is 0 Å². The number of aliphatic hydroxyl groups excluding tert-OH is 1. The molecular formula is C8H15NOS. The number of hydrogen-bond acceptors (Lipinski definition) is 3. The molecule has 0 heterocycles. The second-order valence-corrected chi connectivity index (χ2v) is 3.42. The van der Waals surface area contributed by atoms with Gasteiger partial charge in [-0.05, 0) is 6.92 Å². The second kappa shape index (κ2) is 7.93. The monoisotopic (exact) mass is 173 g/mol. The largest absolute Gasteiger partial charge is 0.392 e. The molecule has 0 radical (unpaired) electrons. The van der Waals surface area contributed by atoms with Crippen molar-refractivity contribution in [3.05, 3.63) is 0 Å². The molecule has 0 aliphatic rings. The van der Waals surface area contributed by atoms with E-state index in [1.165, 1.54) is 0 Å². The van der Waals surface area contributed by atoms with Crippen LogP contribution in [0.2, 0.25) is 0 Å².